The van der Waals surface area contributed by atoms with Crippen molar-refractivity contribution in [1.29, 1.82) is 0 Å². The van der Waals surface area contributed by atoms with Crippen LogP contribution in [0, 0.1) is 5.82 Å². The van der Waals surface area contributed by atoms with E-state index in [4.69, 9.17) is 17.0 Å². The summed E-state index contributed by atoms with van der Waals surface area (Å²) in [6.07, 6.45) is 6.72. The molecule has 7 nitrogen and oxygen atoms in total. The first kappa shape index (κ1) is 22.3. The third-order valence-corrected chi connectivity index (χ3v) is 6.53. The number of ether oxygens (including phenoxy) is 1. The molecule has 2 aromatic heterocycles. The zero-order chi connectivity index (χ0) is 22.5. The summed E-state index contributed by atoms with van der Waals surface area (Å²) in [6.45, 7) is 2.50. The van der Waals surface area contributed by atoms with Crippen LogP contribution in [0.1, 0.15) is 52.5 Å². The van der Waals surface area contributed by atoms with Gasteiger partial charge >= 0.3 is 5.97 Å². The highest BCUT2D eigenvalue weighted by Crippen LogP contribution is 2.38. The molecule has 2 N–H and O–H groups in total. The van der Waals surface area contributed by atoms with Crippen LogP contribution in [0.5, 0.6) is 0 Å². The van der Waals surface area contributed by atoms with E-state index in [1.165, 1.54) is 17.0 Å². The summed E-state index contributed by atoms with van der Waals surface area (Å²) >= 11 is 7.00. The van der Waals surface area contributed by atoms with Crippen molar-refractivity contribution >= 4 is 45.6 Å². The van der Waals surface area contributed by atoms with Crippen LogP contribution < -0.4 is 10.6 Å². The second-order valence-electron chi connectivity index (χ2n) is 7.46. The number of benzene rings is 1. The van der Waals surface area contributed by atoms with Crippen LogP contribution >= 0.6 is 23.6 Å². The monoisotopic (exact) mass is 473 g/mol. The van der Waals surface area contributed by atoms with Gasteiger partial charge in [0.05, 0.1) is 18.7 Å². The molecular formula is C22H24FN5O2S2. The Morgan fingerprint density at radius 1 is 1.28 bits per heavy atom. The number of hydrogen-bond donors (Lipinski definition) is 2. The van der Waals surface area contributed by atoms with E-state index in [1.54, 1.807) is 35.3 Å². The van der Waals surface area contributed by atoms with Crippen LogP contribution in [0.15, 0.2) is 30.6 Å². The number of esters is 1. The van der Waals surface area contributed by atoms with E-state index in [0.717, 1.165) is 43.2 Å². The number of aromatic nitrogens is 3. The molecule has 1 aliphatic rings. The van der Waals surface area contributed by atoms with Crippen molar-refractivity contribution in [1.82, 2.24) is 14.8 Å². The Balaban J connectivity index is 1.46. The molecule has 0 bridgehead atoms. The molecule has 1 aromatic carbocycles. The smallest absolute Gasteiger partial charge is 0.341 e. The number of nitrogens with zero attached hydrogens (tertiary/aromatic N) is 3. The average molecular weight is 474 g/mol. The minimum Gasteiger partial charge on any atom is -0.462 e. The van der Waals surface area contributed by atoms with Gasteiger partial charge in [0.1, 0.15) is 17.1 Å². The fourth-order valence-electron chi connectivity index (χ4n) is 3.74. The van der Waals surface area contributed by atoms with Crippen molar-refractivity contribution in [3.05, 3.63) is 58.0 Å². The Morgan fingerprint density at radius 2 is 2.12 bits per heavy atom. The van der Waals surface area contributed by atoms with Crippen LogP contribution in [0.25, 0.3) is 0 Å². The maximum atomic E-state index is 13.4. The normalized spacial score (nSPS) is 13.2. The van der Waals surface area contributed by atoms with Crippen LogP contribution in [-0.4, -0.2) is 32.5 Å². The van der Waals surface area contributed by atoms with Crippen LogP contribution in [0.2, 0.25) is 0 Å². The van der Waals surface area contributed by atoms with Crippen molar-refractivity contribution in [2.45, 2.75) is 45.6 Å². The number of aryl methyl sites for hydroxylation is 1. The van der Waals surface area contributed by atoms with Crippen molar-refractivity contribution in [3.8, 4) is 0 Å². The van der Waals surface area contributed by atoms with Gasteiger partial charge in [0, 0.05) is 4.88 Å². The van der Waals surface area contributed by atoms with Gasteiger partial charge in [-0.05, 0) is 68.1 Å². The number of halogens is 1. The lowest BCUT2D eigenvalue weighted by Gasteiger charge is -2.10. The topological polar surface area (TPSA) is 81.1 Å². The second-order valence-corrected chi connectivity index (χ2v) is 8.98. The summed E-state index contributed by atoms with van der Waals surface area (Å²) in [5, 5.41) is 11.4. The minimum atomic E-state index is -0.324. The molecule has 32 heavy (non-hydrogen) atoms. The molecule has 0 saturated carbocycles. The first-order valence-electron chi connectivity index (χ1n) is 10.6. The van der Waals surface area contributed by atoms with Gasteiger partial charge in [-0.25, -0.2) is 18.9 Å². The van der Waals surface area contributed by atoms with Gasteiger partial charge in [-0.2, -0.15) is 0 Å². The third kappa shape index (κ3) is 5.31. The van der Waals surface area contributed by atoms with Gasteiger partial charge in [-0.1, -0.05) is 18.6 Å². The van der Waals surface area contributed by atoms with E-state index in [9.17, 15) is 9.18 Å². The van der Waals surface area contributed by atoms with Crippen molar-refractivity contribution in [2.75, 3.05) is 17.2 Å². The molecule has 4 rings (SSSR count). The molecule has 0 unspecified atom stereocenters. The van der Waals surface area contributed by atoms with Gasteiger partial charge in [-0.15, -0.1) is 16.4 Å². The third-order valence-electron chi connectivity index (χ3n) is 5.12. The molecule has 0 fully saturated rings. The number of rotatable bonds is 6. The number of nitrogens with one attached hydrogen (secondary N) is 2. The number of fused-ring (bicyclic) bond motifs is 1. The average Bonchev–Trinajstić information content (AvgIpc) is 3.24. The van der Waals surface area contributed by atoms with E-state index in [0.29, 0.717) is 29.7 Å². The predicted molar refractivity (Wildman–Crippen MR) is 127 cm³/mol. The number of thiocarbonyl (C=S) groups is 1. The predicted octanol–water partition coefficient (Wildman–Crippen LogP) is 4.78. The molecule has 0 saturated heterocycles. The zero-order valence-electron chi connectivity index (χ0n) is 17.7. The van der Waals surface area contributed by atoms with Crippen LogP contribution in [0.4, 0.5) is 15.3 Å². The lowest BCUT2D eigenvalue weighted by atomic mass is 10.1. The van der Waals surface area contributed by atoms with E-state index in [-0.39, 0.29) is 16.9 Å². The SMILES string of the molecule is CCOC(=O)c1c(NC(=S)Nc2ncn(Cc3cccc(F)c3)n2)sc2c1CCCCC2. The maximum Gasteiger partial charge on any atom is 0.341 e. The molecule has 0 aliphatic heterocycles. The highest BCUT2D eigenvalue weighted by Gasteiger charge is 2.26. The molecule has 0 atom stereocenters. The molecule has 10 heteroatoms. The Kier molecular flexibility index (Phi) is 7.11. The summed E-state index contributed by atoms with van der Waals surface area (Å²) in [6, 6.07) is 6.33. The maximum absolute atomic E-state index is 13.4. The van der Waals surface area contributed by atoms with Gasteiger partial charge in [-0.3, -0.25) is 5.32 Å². The molecule has 1 aliphatic carbocycles. The molecule has 0 amide bonds. The summed E-state index contributed by atoms with van der Waals surface area (Å²) in [7, 11) is 0. The van der Waals surface area contributed by atoms with Gasteiger partial charge in [0.15, 0.2) is 5.11 Å². The van der Waals surface area contributed by atoms with Crippen LogP contribution in [-0.2, 0) is 24.1 Å². The van der Waals surface area contributed by atoms with Crippen molar-refractivity contribution in [2.24, 2.45) is 0 Å². The van der Waals surface area contributed by atoms with Gasteiger partial charge in [0.2, 0.25) is 5.95 Å². The first-order valence-corrected chi connectivity index (χ1v) is 11.8. The van der Waals surface area contributed by atoms with Crippen molar-refractivity contribution < 1.29 is 13.9 Å². The van der Waals surface area contributed by atoms with E-state index in [2.05, 4.69) is 20.7 Å². The quantitative estimate of drug-likeness (QED) is 0.303. The van der Waals surface area contributed by atoms with Crippen LogP contribution in [0.3, 0.4) is 0 Å². The lowest BCUT2D eigenvalue weighted by Crippen LogP contribution is -2.21. The lowest BCUT2D eigenvalue weighted by molar-refractivity contribution is 0.0527. The Morgan fingerprint density at radius 3 is 2.94 bits per heavy atom. The summed E-state index contributed by atoms with van der Waals surface area (Å²) in [4.78, 5) is 18.1. The summed E-state index contributed by atoms with van der Waals surface area (Å²) in [5.74, 6) is -0.303. The molecule has 2 heterocycles. The van der Waals surface area contributed by atoms with Gasteiger partial charge in [0.25, 0.3) is 0 Å². The fourth-order valence-corrected chi connectivity index (χ4v) is 5.28. The molecule has 0 spiro atoms. The van der Waals surface area contributed by atoms with Gasteiger partial charge < -0.3 is 10.1 Å². The standard InChI is InChI=1S/C22H24FN5O2S2/c1-2-30-20(29)18-16-9-4-3-5-10-17(16)32-19(18)25-22(31)26-21-24-13-28(27-21)12-14-7-6-8-15(23)11-14/h6-8,11,13H,2-5,9-10,12H2,1H3,(H2,25,26,27,31). The van der Waals surface area contributed by atoms with E-state index < -0.39 is 0 Å². The number of hydrogen-bond acceptors (Lipinski definition) is 6. The summed E-state index contributed by atoms with van der Waals surface area (Å²) in [5.41, 5.74) is 2.44. The minimum absolute atomic E-state index is 0.287. The highest BCUT2D eigenvalue weighted by atomic mass is 32.1. The number of thiophene rings is 1. The van der Waals surface area contributed by atoms with E-state index >= 15 is 0 Å². The first-order chi connectivity index (χ1) is 15.5. The zero-order valence-corrected chi connectivity index (χ0v) is 19.3. The largest absolute Gasteiger partial charge is 0.462 e. The second kappa shape index (κ2) is 10.2. The molecular weight excluding hydrogens is 449 g/mol. The van der Waals surface area contributed by atoms with Crippen molar-refractivity contribution in [3.63, 3.8) is 0 Å². The number of anilines is 2. The summed E-state index contributed by atoms with van der Waals surface area (Å²) < 4.78 is 20.3. The molecule has 168 valence electrons. The molecule has 0 radical (unpaired) electrons. The highest BCUT2D eigenvalue weighted by molar-refractivity contribution is 7.80. The van der Waals surface area contributed by atoms with E-state index in [1.807, 2.05) is 6.07 Å². The fraction of sp³-hybridized carbons (Fsp3) is 0.364. The number of carbonyl (C=O) groups excluding carboxylic acids is 1. The number of carbonyl (C=O) groups is 1. The Hall–Kier alpha value is -2.85. The Labute approximate surface area is 195 Å². The Bertz CT molecular complexity index is 1130. The molecule has 3 aromatic rings.